The van der Waals surface area contributed by atoms with Gasteiger partial charge < -0.3 is 26.0 Å². The van der Waals surface area contributed by atoms with Crippen LogP contribution in [0.2, 0.25) is 0 Å². The highest BCUT2D eigenvalue weighted by atomic mass is 19.4. The highest BCUT2D eigenvalue weighted by Gasteiger charge is 2.44. The summed E-state index contributed by atoms with van der Waals surface area (Å²) >= 11 is 0. The summed E-state index contributed by atoms with van der Waals surface area (Å²) in [6.07, 6.45) is -6.21. The van der Waals surface area contributed by atoms with Crippen LogP contribution in [-0.2, 0) is 30.5 Å². The minimum absolute atomic E-state index is 0.0431. The van der Waals surface area contributed by atoms with Gasteiger partial charge in [-0.25, -0.2) is 4.79 Å². The van der Waals surface area contributed by atoms with Gasteiger partial charge in [0.25, 0.3) is 18.0 Å². The minimum Gasteiger partial charge on any atom is -0.425 e. The molecule has 0 aliphatic carbocycles. The number of hydrogen-bond acceptors (Lipinski definition) is 8. The minimum atomic E-state index is -5.34. The van der Waals surface area contributed by atoms with Crippen LogP contribution in [0.5, 0.6) is 0 Å². The number of anilines is 1. The Bertz CT molecular complexity index is 1030. The smallest absolute Gasteiger partial charge is 0.425 e. The van der Waals surface area contributed by atoms with Crippen molar-refractivity contribution in [3.63, 3.8) is 0 Å². The molecular formula is C21H24F3N5O6. The maximum absolute atomic E-state index is 12.9. The molecule has 1 aromatic carbocycles. The molecule has 5 N–H and O–H groups in total. The van der Waals surface area contributed by atoms with Crippen LogP contribution in [0.4, 0.5) is 18.9 Å². The van der Waals surface area contributed by atoms with Crippen LogP contribution in [0.3, 0.4) is 0 Å². The van der Waals surface area contributed by atoms with E-state index < -0.39 is 48.0 Å². The number of nitrogens with one attached hydrogen (secondary N) is 3. The van der Waals surface area contributed by atoms with Crippen molar-refractivity contribution in [3.05, 3.63) is 29.3 Å². The van der Waals surface area contributed by atoms with Crippen molar-refractivity contribution in [2.45, 2.75) is 50.7 Å². The normalized spacial score (nSPS) is 18.6. The molecule has 1 aromatic rings. The zero-order valence-electron chi connectivity index (χ0n) is 18.4. The van der Waals surface area contributed by atoms with Gasteiger partial charge in [-0.2, -0.15) is 13.2 Å². The summed E-state index contributed by atoms with van der Waals surface area (Å²) in [6.45, 7) is 0.336. The third-order valence-electron chi connectivity index (χ3n) is 5.49. The van der Waals surface area contributed by atoms with Crippen molar-refractivity contribution < 1.29 is 41.9 Å². The van der Waals surface area contributed by atoms with Crippen LogP contribution in [0.1, 0.15) is 41.6 Å². The number of piperidine rings is 1. The van der Waals surface area contributed by atoms with Crippen molar-refractivity contribution in [2.24, 2.45) is 5.73 Å². The van der Waals surface area contributed by atoms with Crippen LogP contribution >= 0.6 is 0 Å². The van der Waals surface area contributed by atoms with Crippen molar-refractivity contribution in [3.8, 4) is 0 Å². The predicted molar refractivity (Wildman–Crippen MR) is 113 cm³/mol. The quantitative estimate of drug-likeness (QED) is 0.162. The number of imide groups is 1. The number of amides is 4. The van der Waals surface area contributed by atoms with Crippen molar-refractivity contribution in [2.75, 3.05) is 18.4 Å². The molecule has 1 fully saturated rings. The van der Waals surface area contributed by atoms with E-state index in [4.69, 9.17) is 5.73 Å². The number of alkyl halides is 3. The number of nitrogens with two attached hydrogens (primary N) is 1. The second-order valence-corrected chi connectivity index (χ2v) is 7.95. The molecule has 3 rings (SSSR count). The lowest BCUT2D eigenvalue weighted by atomic mass is 10.0. The van der Waals surface area contributed by atoms with Gasteiger partial charge in [-0.15, -0.1) is 0 Å². The molecule has 0 bridgehead atoms. The lowest BCUT2D eigenvalue weighted by Gasteiger charge is -2.29. The number of hydrogen-bond donors (Lipinski definition) is 4. The lowest BCUT2D eigenvalue weighted by molar-refractivity contribution is -0.204. The molecule has 2 unspecified atom stereocenters. The molecule has 2 aliphatic rings. The van der Waals surface area contributed by atoms with Gasteiger partial charge in [-0.3, -0.25) is 24.5 Å². The number of esters is 1. The molecule has 1 saturated heterocycles. The number of halogens is 3. The Balaban J connectivity index is 1.81. The molecule has 11 nitrogen and oxygen atoms in total. The molecule has 35 heavy (non-hydrogen) atoms. The summed E-state index contributed by atoms with van der Waals surface area (Å²) in [4.78, 5) is 61.8. The average Bonchev–Trinajstić information content (AvgIpc) is 3.12. The average molecular weight is 499 g/mol. The highest BCUT2D eigenvalue weighted by Crippen LogP contribution is 2.33. The fourth-order valence-corrected chi connectivity index (χ4v) is 3.76. The summed E-state index contributed by atoms with van der Waals surface area (Å²) in [7, 11) is 0. The third kappa shape index (κ3) is 6.07. The fourth-order valence-electron chi connectivity index (χ4n) is 3.76. The molecule has 2 heterocycles. The maximum atomic E-state index is 12.9. The number of rotatable bonds is 9. The zero-order chi connectivity index (χ0) is 25.8. The van der Waals surface area contributed by atoms with E-state index in [1.54, 1.807) is 0 Å². The number of carbonyl (C=O) groups is 5. The number of unbranched alkanes of at least 4 members (excludes halogenated alkanes) is 1. The van der Waals surface area contributed by atoms with Gasteiger partial charge in [-0.1, -0.05) is 6.07 Å². The monoisotopic (exact) mass is 499 g/mol. The van der Waals surface area contributed by atoms with E-state index in [-0.39, 0.29) is 37.2 Å². The van der Waals surface area contributed by atoms with Gasteiger partial charge in [0.1, 0.15) is 6.04 Å². The summed E-state index contributed by atoms with van der Waals surface area (Å²) < 4.78 is 42.8. The number of carbonyl (C=O) groups excluding carboxylic acids is 5. The van der Waals surface area contributed by atoms with E-state index in [1.807, 2.05) is 0 Å². The van der Waals surface area contributed by atoms with E-state index in [0.717, 1.165) is 0 Å². The van der Waals surface area contributed by atoms with Crippen LogP contribution in [-0.4, -0.2) is 66.0 Å². The Kier molecular flexibility index (Phi) is 7.94. The Hall–Kier alpha value is -3.68. The van der Waals surface area contributed by atoms with E-state index in [0.29, 0.717) is 24.9 Å². The Morgan fingerprint density at radius 3 is 2.63 bits per heavy atom. The van der Waals surface area contributed by atoms with Gasteiger partial charge in [0.15, 0.2) is 0 Å². The predicted octanol–water partition coefficient (Wildman–Crippen LogP) is 0.146. The third-order valence-corrected chi connectivity index (χ3v) is 5.49. The Labute approximate surface area is 197 Å². The number of ether oxygens (including phenoxy) is 1. The maximum Gasteiger partial charge on any atom is 0.491 e. The number of nitrogens with zero attached hydrogens (tertiary/aromatic N) is 1. The highest BCUT2D eigenvalue weighted by molar-refractivity contribution is 6.06. The van der Waals surface area contributed by atoms with Gasteiger partial charge in [0, 0.05) is 36.3 Å². The van der Waals surface area contributed by atoms with Crippen molar-refractivity contribution >= 4 is 35.3 Å². The van der Waals surface area contributed by atoms with Crippen LogP contribution in [0.15, 0.2) is 18.2 Å². The topological polar surface area (TPSA) is 160 Å². The molecule has 0 spiro atoms. The van der Waals surface area contributed by atoms with E-state index in [2.05, 4.69) is 20.7 Å². The van der Waals surface area contributed by atoms with Gasteiger partial charge in [0.2, 0.25) is 11.8 Å². The van der Waals surface area contributed by atoms with Gasteiger partial charge >= 0.3 is 12.1 Å². The van der Waals surface area contributed by atoms with Crippen LogP contribution in [0.25, 0.3) is 0 Å². The van der Waals surface area contributed by atoms with E-state index >= 15 is 0 Å². The summed E-state index contributed by atoms with van der Waals surface area (Å²) in [5.41, 5.74) is 5.90. The second-order valence-electron chi connectivity index (χ2n) is 7.95. The summed E-state index contributed by atoms with van der Waals surface area (Å²) in [6, 6.07) is 3.37. The SMILES string of the molecule is NCCCCNC(=O)C(Nc1cccc2c1CN(C1CCC(=O)NC1=O)C2=O)OC(=O)C(F)(F)F. The molecule has 0 aromatic heterocycles. The summed E-state index contributed by atoms with van der Waals surface area (Å²) in [5.74, 6) is -5.20. The Morgan fingerprint density at radius 2 is 1.97 bits per heavy atom. The molecule has 2 atom stereocenters. The van der Waals surface area contributed by atoms with Crippen molar-refractivity contribution in [1.82, 2.24) is 15.5 Å². The molecule has 0 radical (unpaired) electrons. The standard InChI is InChI=1S/C21H24F3N5O6/c22-21(23,24)20(34)35-18(17(32)26-9-2-1-8-25)27-13-5-3-4-11-12(13)10-29(19(11)33)14-6-7-15(30)28-16(14)31/h3-5,14,18,27H,1-2,6-10,25H2,(H,26,32)(H,28,30,31). The van der Waals surface area contributed by atoms with Crippen molar-refractivity contribution in [1.29, 1.82) is 0 Å². The van der Waals surface area contributed by atoms with Gasteiger partial charge in [-0.05, 0) is 37.9 Å². The first-order valence-electron chi connectivity index (χ1n) is 10.8. The first kappa shape index (κ1) is 25.9. The molecule has 2 aliphatic heterocycles. The van der Waals surface area contributed by atoms with Crippen LogP contribution < -0.4 is 21.7 Å². The first-order chi connectivity index (χ1) is 16.5. The van der Waals surface area contributed by atoms with Gasteiger partial charge in [0.05, 0.1) is 0 Å². The molecule has 4 amide bonds. The number of benzene rings is 1. The Morgan fingerprint density at radius 1 is 1.23 bits per heavy atom. The van der Waals surface area contributed by atoms with Crippen LogP contribution in [0, 0.1) is 0 Å². The fraction of sp³-hybridized carbons (Fsp3) is 0.476. The molecule has 190 valence electrons. The molecule has 14 heteroatoms. The van der Waals surface area contributed by atoms with E-state index in [1.165, 1.54) is 23.1 Å². The second kappa shape index (κ2) is 10.7. The van der Waals surface area contributed by atoms with E-state index in [9.17, 15) is 37.1 Å². The largest absolute Gasteiger partial charge is 0.491 e. The molecule has 0 saturated carbocycles. The zero-order valence-corrected chi connectivity index (χ0v) is 18.4. The summed E-state index contributed by atoms with van der Waals surface area (Å²) in [5, 5.41) is 7.02. The number of fused-ring (bicyclic) bond motifs is 1. The lowest BCUT2D eigenvalue weighted by Crippen LogP contribution is -2.52. The molecular weight excluding hydrogens is 475 g/mol. The first-order valence-corrected chi connectivity index (χ1v) is 10.8.